The van der Waals surface area contributed by atoms with Crippen molar-refractivity contribution in [3.63, 3.8) is 0 Å². The van der Waals surface area contributed by atoms with E-state index in [9.17, 15) is 0 Å². The summed E-state index contributed by atoms with van der Waals surface area (Å²) in [7, 11) is 0. The molecule has 0 fully saturated rings. The molecule has 8 aromatic rings. The van der Waals surface area contributed by atoms with Crippen LogP contribution < -0.4 is 0 Å². The molecule has 1 unspecified atom stereocenters. The molecule has 2 aromatic heterocycles. The lowest BCUT2D eigenvalue weighted by Crippen LogP contribution is -1.97. The van der Waals surface area contributed by atoms with Crippen molar-refractivity contribution < 1.29 is 0 Å². The van der Waals surface area contributed by atoms with E-state index in [0.29, 0.717) is 5.92 Å². The van der Waals surface area contributed by atoms with Crippen LogP contribution >= 0.6 is 0 Å². The van der Waals surface area contributed by atoms with Gasteiger partial charge in [0.1, 0.15) is 0 Å². The van der Waals surface area contributed by atoms with Crippen molar-refractivity contribution in [1.82, 2.24) is 9.13 Å². The highest BCUT2D eigenvalue weighted by molar-refractivity contribution is 6.12. The van der Waals surface area contributed by atoms with Gasteiger partial charge in [0.25, 0.3) is 0 Å². The average molecular weight is 577 g/mol. The SMILES string of the molecule is CC1C=CC(c2cccc(-n3c4ccccc4c4cc(-c5ccc6c(c5)c5ccccc5n6-c5ccccc5)ccc43)c2)=CC1. The maximum Gasteiger partial charge on any atom is 0.0541 e. The van der Waals surface area contributed by atoms with Gasteiger partial charge in [0, 0.05) is 32.9 Å². The number of aromatic nitrogens is 2. The molecule has 0 aliphatic heterocycles. The summed E-state index contributed by atoms with van der Waals surface area (Å²) in [4.78, 5) is 0. The van der Waals surface area contributed by atoms with Crippen LogP contribution in [0.15, 0.2) is 158 Å². The van der Waals surface area contributed by atoms with Gasteiger partial charge in [0.2, 0.25) is 0 Å². The van der Waals surface area contributed by atoms with Crippen molar-refractivity contribution in [2.45, 2.75) is 13.3 Å². The first-order valence-electron chi connectivity index (χ1n) is 15.8. The first-order valence-corrected chi connectivity index (χ1v) is 15.8. The van der Waals surface area contributed by atoms with Gasteiger partial charge in [0.05, 0.1) is 22.1 Å². The van der Waals surface area contributed by atoms with Gasteiger partial charge in [-0.2, -0.15) is 0 Å². The maximum atomic E-state index is 2.42. The fraction of sp³-hybridized carbons (Fsp3) is 0.0698. The van der Waals surface area contributed by atoms with Crippen LogP contribution in [0.3, 0.4) is 0 Å². The van der Waals surface area contributed by atoms with Gasteiger partial charge in [0.15, 0.2) is 0 Å². The van der Waals surface area contributed by atoms with Crippen LogP contribution in [0.25, 0.3) is 71.7 Å². The van der Waals surface area contributed by atoms with E-state index >= 15 is 0 Å². The number of hydrogen-bond acceptors (Lipinski definition) is 0. The summed E-state index contributed by atoms with van der Waals surface area (Å²) >= 11 is 0. The Morgan fingerprint density at radius 1 is 0.467 bits per heavy atom. The Bertz CT molecular complexity index is 2470. The molecular formula is C43H32N2. The Hall–Kier alpha value is -5.60. The third kappa shape index (κ3) is 4.17. The van der Waals surface area contributed by atoms with E-state index in [1.54, 1.807) is 0 Å². The lowest BCUT2D eigenvalue weighted by atomic mass is 9.94. The minimum absolute atomic E-state index is 0.603. The molecule has 2 nitrogen and oxygen atoms in total. The lowest BCUT2D eigenvalue weighted by Gasteiger charge is -2.14. The Balaban J connectivity index is 1.21. The van der Waals surface area contributed by atoms with Crippen molar-refractivity contribution in [3.05, 3.63) is 163 Å². The van der Waals surface area contributed by atoms with Gasteiger partial charge in [-0.1, -0.05) is 104 Å². The molecule has 214 valence electrons. The van der Waals surface area contributed by atoms with E-state index in [0.717, 1.165) is 6.42 Å². The number of nitrogens with zero attached hydrogens (tertiary/aromatic N) is 2. The third-order valence-corrected chi connectivity index (χ3v) is 9.44. The molecule has 45 heavy (non-hydrogen) atoms. The number of para-hydroxylation sites is 3. The van der Waals surface area contributed by atoms with Gasteiger partial charge in [-0.3, -0.25) is 0 Å². The zero-order chi connectivity index (χ0) is 29.9. The minimum atomic E-state index is 0.603. The Morgan fingerprint density at radius 3 is 1.64 bits per heavy atom. The zero-order valence-corrected chi connectivity index (χ0v) is 25.2. The molecule has 0 N–H and O–H groups in total. The van der Waals surface area contributed by atoms with E-state index in [2.05, 4.69) is 174 Å². The molecule has 0 saturated heterocycles. The summed E-state index contributed by atoms with van der Waals surface area (Å²) in [6.07, 6.45) is 8.06. The first-order chi connectivity index (χ1) is 22.2. The van der Waals surface area contributed by atoms with Crippen LogP contribution in [0, 0.1) is 5.92 Å². The quantitative estimate of drug-likeness (QED) is 0.197. The Morgan fingerprint density at radius 2 is 1.02 bits per heavy atom. The average Bonchev–Trinajstić information content (AvgIpc) is 3.61. The first kappa shape index (κ1) is 25.9. The highest BCUT2D eigenvalue weighted by Crippen LogP contribution is 2.38. The van der Waals surface area contributed by atoms with Crippen LogP contribution in [-0.2, 0) is 0 Å². The standard InChI is InChI=1S/C43H32N2/c1-29-18-20-30(21-19-29)31-10-9-13-35(26-31)45-41-17-8-6-15-37(41)39-28-33(23-25-43(39)45)32-22-24-42-38(27-32)36-14-5-7-16-40(36)44(42)34-11-3-2-4-12-34/h2-18,20-29H,19H2,1H3. The molecule has 0 amide bonds. The topological polar surface area (TPSA) is 9.86 Å². The van der Waals surface area contributed by atoms with E-state index in [-0.39, 0.29) is 0 Å². The number of hydrogen-bond donors (Lipinski definition) is 0. The molecule has 0 radical (unpaired) electrons. The van der Waals surface area contributed by atoms with Crippen LogP contribution in [0.1, 0.15) is 18.9 Å². The van der Waals surface area contributed by atoms with Gasteiger partial charge < -0.3 is 9.13 Å². The van der Waals surface area contributed by atoms with Crippen molar-refractivity contribution in [2.24, 2.45) is 5.92 Å². The molecular weight excluding hydrogens is 544 g/mol. The predicted molar refractivity (Wildman–Crippen MR) is 191 cm³/mol. The van der Waals surface area contributed by atoms with E-state index in [1.165, 1.54) is 77.2 Å². The van der Waals surface area contributed by atoms with Gasteiger partial charge in [-0.15, -0.1) is 0 Å². The third-order valence-electron chi connectivity index (χ3n) is 9.44. The smallest absolute Gasteiger partial charge is 0.0541 e. The molecule has 1 aliphatic carbocycles. The fourth-order valence-electron chi connectivity index (χ4n) is 7.20. The highest BCUT2D eigenvalue weighted by Gasteiger charge is 2.16. The van der Waals surface area contributed by atoms with Crippen LogP contribution in [0.2, 0.25) is 0 Å². The maximum absolute atomic E-state index is 2.42. The van der Waals surface area contributed by atoms with Crippen LogP contribution in [0.5, 0.6) is 0 Å². The van der Waals surface area contributed by atoms with Gasteiger partial charge in [-0.05, 0) is 95.3 Å². The number of fused-ring (bicyclic) bond motifs is 6. The summed E-state index contributed by atoms with van der Waals surface area (Å²) in [5, 5.41) is 5.08. The van der Waals surface area contributed by atoms with Crippen LogP contribution in [-0.4, -0.2) is 9.13 Å². The van der Waals surface area contributed by atoms with Crippen molar-refractivity contribution >= 4 is 49.2 Å². The summed E-state index contributed by atoms with van der Waals surface area (Å²) in [6, 6.07) is 51.1. The van der Waals surface area contributed by atoms with E-state index in [1.807, 2.05) is 0 Å². The molecule has 0 spiro atoms. The largest absolute Gasteiger partial charge is 0.309 e. The second kappa shape index (κ2) is 10.2. The minimum Gasteiger partial charge on any atom is -0.309 e. The summed E-state index contributed by atoms with van der Waals surface area (Å²) in [5.74, 6) is 0.603. The molecule has 0 bridgehead atoms. The van der Waals surface area contributed by atoms with E-state index < -0.39 is 0 Å². The van der Waals surface area contributed by atoms with Gasteiger partial charge in [-0.25, -0.2) is 0 Å². The monoisotopic (exact) mass is 576 g/mol. The van der Waals surface area contributed by atoms with Crippen molar-refractivity contribution in [2.75, 3.05) is 0 Å². The number of benzene rings is 6. The highest BCUT2D eigenvalue weighted by atomic mass is 15.0. The Kier molecular flexibility index (Phi) is 5.89. The molecule has 9 rings (SSSR count). The fourth-order valence-corrected chi connectivity index (χ4v) is 7.20. The molecule has 1 aliphatic rings. The predicted octanol–water partition coefficient (Wildman–Crippen LogP) is 11.5. The molecule has 6 aromatic carbocycles. The number of allylic oxidation sites excluding steroid dienone is 4. The lowest BCUT2D eigenvalue weighted by molar-refractivity contribution is 0.739. The summed E-state index contributed by atoms with van der Waals surface area (Å²) < 4.78 is 4.80. The van der Waals surface area contributed by atoms with Gasteiger partial charge >= 0.3 is 0 Å². The second-order valence-electron chi connectivity index (χ2n) is 12.3. The van der Waals surface area contributed by atoms with E-state index in [4.69, 9.17) is 0 Å². The van der Waals surface area contributed by atoms with Crippen LogP contribution in [0.4, 0.5) is 0 Å². The molecule has 2 heteroatoms. The number of rotatable bonds is 4. The Labute approximate surface area is 262 Å². The van der Waals surface area contributed by atoms with Crippen molar-refractivity contribution in [1.29, 1.82) is 0 Å². The molecule has 2 heterocycles. The van der Waals surface area contributed by atoms with Crippen molar-refractivity contribution in [3.8, 4) is 22.5 Å². The normalized spacial score (nSPS) is 15.0. The zero-order valence-electron chi connectivity index (χ0n) is 25.2. The summed E-state index contributed by atoms with van der Waals surface area (Å²) in [6.45, 7) is 2.27. The summed E-state index contributed by atoms with van der Waals surface area (Å²) in [5.41, 5.74) is 12.3. The molecule has 1 atom stereocenters. The second-order valence-corrected chi connectivity index (χ2v) is 12.3. The molecule has 0 saturated carbocycles.